The number of esters is 1. The van der Waals surface area contributed by atoms with Crippen LogP contribution in [0.2, 0.25) is 0 Å². The van der Waals surface area contributed by atoms with E-state index in [1.54, 1.807) is 36.4 Å². The van der Waals surface area contributed by atoms with Gasteiger partial charge in [-0.3, -0.25) is 14.2 Å². The second-order valence-corrected chi connectivity index (χ2v) is 3.62. The van der Waals surface area contributed by atoms with Crippen molar-refractivity contribution >= 4 is 11.8 Å². The lowest BCUT2D eigenvalue weighted by molar-refractivity contribution is -0.145. The fraction of sp³-hybridized carbons (Fsp3) is 0.300. The van der Waals surface area contributed by atoms with Gasteiger partial charge in [-0.2, -0.15) is 10.2 Å². The molecule has 17 heavy (non-hydrogen) atoms. The van der Waals surface area contributed by atoms with E-state index in [2.05, 4.69) is 10.2 Å². The summed E-state index contributed by atoms with van der Waals surface area (Å²) in [4.78, 5) is 11.5. The molecule has 2 aromatic heterocycles. The molecule has 0 atom stereocenters. The summed E-state index contributed by atoms with van der Waals surface area (Å²) >= 11 is 0. The van der Waals surface area contributed by atoms with Crippen LogP contribution < -0.4 is 5.73 Å². The SMILES string of the molecule is Cn1cc(COC(=O)Cn2ccc(N)n2)cn1. The van der Waals surface area contributed by atoms with Gasteiger partial charge in [0.2, 0.25) is 0 Å². The van der Waals surface area contributed by atoms with E-state index in [-0.39, 0.29) is 19.1 Å². The number of aromatic nitrogens is 4. The molecule has 0 saturated carbocycles. The van der Waals surface area contributed by atoms with Crippen LogP contribution in [0, 0.1) is 0 Å². The molecule has 0 aliphatic heterocycles. The topological polar surface area (TPSA) is 88.0 Å². The number of carbonyl (C=O) groups excluding carboxylic acids is 1. The third-order valence-corrected chi connectivity index (χ3v) is 2.11. The molecule has 0 aliphatic carbocycles. The number of aryl methyl sites for hydroxylation is 1. The Kier molecular flexibility index (Phi) is 3.08. The molecule has 7 nitrogen and oxygen atoms in total. The Morgan fingerprint density at radius 3 is 3.00 bits per heavy atom. The Hall–Kier alpha value is -2.31. The molecule has 2 N–H and O–H groups in total. The zero-order chi connectivity index (χ0) is 12.3. The highest BCUT2D eigenvalue weighted by Crippen LogP contribution is 2.01. The Balaban J connectivity index is 1.82. The number of carbonyl (C=O) groups is 1. The van der Waals surface area contributed by atoms with Gasteiger partial charge in [0.25, 0.3) is 0 Å². The maximum absolute atomic E-state index is 11.5. The molecule has 2 rings (SSSR count). The van der Waals surface area contributed by atoms with E-state index < -0.39 is 0 Å². The second kappa shape index (κ2) is 4.69. The zero-order valence-corrected chi connectivity index (χ0v) is 9.41. The molecule has 0 radical (unpaired) electrons. The highest BCUT2D eigenvalue weighted by atomic mass is 16.5. The molecule has 0 fully saturated rings. The van der Waals surface area contributed by atoms with Crippen molar-refractivity contribution < 1.29 is 9.53 Å². The van der Waals surface area contributed by atoms with Gasteiger partial charge >= 0.3 is 5.97 Å². The molecular formula is C10H13N5O2. The molecule has 90 valence electrons. The lowest BCUT2D eigenvalue weighted by Crippen LogP contribution is -2.14. The van der Waals surface area contributed by atoms with E-state index in [4.69, 9.17) is 10.5 Å². The van der Waals surface area contributed by atoms with Crippen molar-refractivity contribution in [3.05, 3.63) is 30.2 Å². The van der Waals surface area contributed by atoms with Gasteiger partial charge in [0.05, 0.1) is 6.20 Å². The van der Waals surface area contributed by atoms with Gasteiger partial charge in [-0.25, -0.2) is 0 Å². The first kappa shape index (κ1) is 11.2. The Bertz CT molecular complexity index is 516. The van der Waals surface area contributed by atoms with Crippen molar-refractivity contribution in [3.63, 3.8) is 0 Å². The van der Waals surface area contributed by atoms with Crippen LogP contribution in [0.1, 0.15) is 5.56 Å². The molecule has 2 heterocycles. The normalized spacial score (nSPS) is 10.4. The van der Waals surface area contributed by atoms with Gasteiger partial charge in [0.1, 0.15) is 19.0 Å². The van der Waals surface area contributed by atoms with Crippen LogP contribution in [0.5, 0.6) is 0 Å². The number of anilines is 1. The van der Waals surface area contributed by atoms with Crippen LogP contribution in [0.15, 0.2) is 24.7 Å². The predicted octanol–water partition coefficient (Wildman–Crippen LogP) is -0.0578. The van der Waals surface area contributed by atoms with Crippen LogP contribution in [0.3, 0.4) is 0 Å². The van der Waals surface area contributed by atoms with E-state index in [1.165, 1.54) is 4.68 Å². The summed E-state index contributed by atoms with van der Waals surface area (Å²) in [5.74, 6) is 0.0158. The van der Waals surface area contributed by atoms with Crippen LogP contribution in [-0.2, 0) is 29.7 Å². The van der Waals surface area contributed by atoms with Crippen LogP contribution >= 0.6 is 0 Å². The fourth-order valence-corrected chi connectivity index (χ4v) is 1.35. The lowest BCUT2D eigenvalue weighted by Gasteiger charge is -2.02. The summed E-state index contributed by atoms with van der Waals surface area (Å²) < 4.78 is 8.14. The molecule has 0 spiro atoms. The van der Waals surface area contributed by atoms with Gasteiger partial charge in [-0.1, -0.05) is 0 Å². The van der Waals surface area contributed by atoms with E-state index in [0.29, 0.717) is 5.82 Å². The average molecular weight is 235 g/mol. The largest absolute Gasteiger partial charge is 0.459 e. The molecule has 2 aromatic rings. The minimum Gasteiger partial charge on any atom is -0.459 e. The van der Waals surface area contributed by atoms with Gasteiger partial charge in [-0.05, 0) is 6.07 Å². The van der Waals surface area contributed by atoms with Gasteiger partial charge < -0.3 is 10.5 Å². The summed E-state index contributed by atoms with van der Waals surface area (Å²) in [7, 11) is 1.80. The Labute approximate surface area is 97.8 Å². The third-order valence-electron chi connectivity index (χ3n) is 2.11. The molecular weight excluding hydrogens is 222 g/mol. The maximum Gasteiger partial charge on any atom is 0.328 e. The van der Waals surface area contributed by atoms with Gasteiger partial charge in [0.15, 0.2) is 0 Å². The minimum absolute atomic E-state index is 0.0530. The third kappa shape index (κ3) is 3.07. The van der Waals surface area contributed by atoms with Crippen LogP contribution in [0.25, 0.3) is 0 Å². The minimum atomic E-state index is -0.364. The zero-order valence-electron chi connectivity index (χ0n) is 9.41. The van der Waals surface area contributed by atoms with Crippen molar-refractivity contribution in [1.29, 1.82) is 0 Å². The van der Waals surface area contributed by atoms with Crippen LogP contribution in [0.4, 0.5) is 5.82 Å². The highest BCUT2D eigenvalue weighted by Gasteiger charge is 2.06. The predicted molar refractivity (Wildman–Crippen MR) is 59.6 cm³/mol. The number of ether oxygens (including phenoxy) is 1. The first-order valence-electron chi connectivity index (χ1n) is 5.05. The molecule has 0 aliphatic rings. The molecule has 7 heteroatoms. The van der Waals surface area contributed by atoms with E-state index >= 15 is 0 Å². The summed E-state index contributed by atoms with van der Waals surface area (Å²) in [6.45, 7) is 0.265. The van der Waals surface area contributed by atoms with Crippen molar-refractivity contribution in [2.45, 2.75) is 13.2 Å². The van der Waals surface area contributed by atoms with Gasteiger partial charge in [0, 0.05) is 25.0 Å². The number of hydrogen-bond acceptors (Lipinski definition) is 5. The number of rotatable bonds is 4. The van der Waals surface area contributed by atoms with E-state index in [9.17, 15) is 4.79 Å². The summed E-state index contributed by atoms with van der Waals surface area (Å²) in [6.07, 6.45) is 5.07. The Morgan fingerprint density at radius 2 is 2.41 bits per heavy atom. The smallest absolute Gasteiger partial charge is 0.328 e. The summed E-state index contributed by atoms with van der Waals surface area (Å²) in [6, 6.07) is 1.62. The van der Waals surface area contributed by atoms with Crippen molar-refractivity contribution in [2.24, 2.45) is 7.05 Å². The maximum atomic E-state index is 11.5. The van der Waals surface area contributed by atoms with Crippen molar-refractivity contribution in [2.75, 3.05) is 5.73 Å². The number of hydrogen-bond donors (Lipinski definition) is 1. The van der Waals surface area contributed by atoms with Crippen molar-refractivity contribution in [1.82, 2.24) is 19.6 Å². The molecule has 0 amide bonds. The standard InChI is InChI=1S/C10H13N5O2/c1-14-5-8(4-12-14)7-17-10(16)6-15-3-2-9(11)13-15/h2-5H,6-7H2,1H3,(H2,11,13). The van der Waals surface area contributed by atoms with Crippen molar-refractivity contribution in [3.8, 4) is 0 Å². The average Bonchev–Trinajstić information content (AvgIpc) is 2.85. The lowest BCUT2D eigenvalue weighted by atomic mass is 10.4. The summed E-state index contributed by atoms with van der Waals surface area (Å²) in [5.41, 5.74) is 6.28. The fourth-order valence-electron chi connectivity index (χ4n) is 1.35. The highest BCUT2D eigenvalue weighted by molar-refractivity contribution is 5.69. The molecule has 0 bridgehead atoms. The second-order valence-electron chi connectivity index (χ2n) is 3.62. The number of nitrogens with zero attached hydrogens (tertiary/aromatic N) is 4. The number of nitrogens with two attached hydrogens (primary N) is 1. The molecule has 0 unspecified atom stereocenters. The molecule has 0 saturated heterocycles. The first-order chi connectivity index (χ1) is 8.13. The Morgan fingerprint density at radius 1 is 1.59 bits per heavy atom. The quantitative estimate of drug-likeness (QED) is 0.750. The van der Waals surface area contributed by atoms with E-state index in [1.807, 2.05) is 0 Å². The van der Waals surface area contributed by atoms with Crippen LogP contribution in [-0.4, -0.2) is 25.5 Å². The summed E-state index contributed by atoms with van der Waals surface area (Å²) in [5, 5.41) is 7.86. The first-order valence-corrected chi connectivity index (χ1v) is 5.05. The monoisotopic (exact) mass is 235 g/mol. The van der Waals surface area contributed by atoms with E-state index in [0.717, 1.165) is 5.56 Å². The van der Waals surface area contributed by atoms with Gasteiger partial charge in [-0.15, -0.1) is 0 Å². The molecule has 0 aromatic carbocycles. The number of nitrogen functional groups attached to an aromatic ring is 1.